The Balaban J connectivity index is 2.02. The zero-order valence-electron chi connectivity index (χ0n) is 12.3. The second kappa shape index (κ2) is 6.78. The molecule has 0 aliphatic carbocycles. The lowest BCUT2D eigenvalue weighted by Gasteiger charge is -1.94. The Kier molecular flexibility index (Phi) is 4.57. The Morgan fingerprint density at radius 1 is 1.04 bits per heavy atom. The van der Waals surface area contributed by atoms with E-state index in [-0.39, 0.29) is 5.78 Å². The van der Waals surface area contributed by atoms with Crippen LogP contribution in [0.3, 0.4) is 0 Å². The number of hydrogen-bond acceptors (Lipinski definition) is 3. The van der Waals surface area contributed by atoms with Crippen molar-refractivity contribution < 1.29 is 4.79 Å². The lowest BCUT2D eigenvalue weighted by molar-refractivity contribution is 0.102. The highest BCUT2D eigenvalue weighted by Gasteiger charge is 2.14. The standard InChI is InChI=1S/C19H12ClNOS/c1-13(22)18-17(12-7-14-5-3-2-4-6-14)21-19(23-18)15-8-10-16(20)11-9-15/h2-6,8-11H,1H3. The average Bonchev–Trinajstić information content (AvgIpc) is 2.99. The summed E-state index contributed by atoms with van der Waals surface area (Å²) in [6.45, 7) is 1.53. The van der Waals surface area contributed by atoms with Gasteiger partial charge in [-0.25, -0.2) is 4.98 Å². The van der Waals surface area contributed by atoms with Crippen LogP contribution in [-0.4, -0.2) is 10.8 Å². The van der Waals surface area contributed by atoms with Crippen LogP contribution in [0.2, 0.25) is 5.02 Å². The monoisotopic (exact) mass is 337 g/mol. The number of halogens is 1. The molecule has 112 valence electrons. The molecular weight excluding hydrogens is 326 g/mol. The van der Waals surface area contributed by atoms with Crippen LogP contribution in [0.15, 0.2) is 54.6 Å². The van der Waals surface area contributed by atoms with Crippen LogP contribution in [0, 0.1) is 11.8 Å². The highest BCUT2D eigenvalue weighted by molar-refractivity contribution is 7.17. The average molecular weight is 338 g/mol. The first-order chi connectivity index (χ1) is 11.1. The van der Waals surface area contributed by atoms with Crippen molar-refractivity contribution >= 4 is 28.7 Å². The fourth-order valence-corrected chi connectivity index (χ4v) is 3.06. The second-order valence-electron chi connectivity index (χ2n) is 4.88. The fourth-order valence-electron chi connectivity index (χ4n) is 2.01. The van der Waals surface area contributed by atoms with Crippen LogP contribution < -0.4 is 0 Å². The van der Waals surface area contributed by atoms with Crippen LogP contribution in [0.5, 0.6) is 0 Å². The summed E-state index contributed by atoms with van der Waals surface area (Å²) < 4.78 is 0. The first-order valence-electron chi connectivity index (χ1n) is 6.98. The number of aromatic nitrogens is 1. The van der Waals surface area contributed by atoms with Crippen molar-refractivity contribution in [3.05, 3.63) is 75.8 Å². The topological polar surface area (TPSA) is 30.0 Å². The number of ketones is 1. The predicted octanol–water partition coefficient (Wildman–Crippen LogP) is 5.07. The van der Waals surface area contributed by atoms with Crippen molar-refractivity contribution in [2.45, 2.75) is 6.92 Å². The van der Waals surface area contributed by atoms with Gasteiger partial charge in [-0.15, -0.1) is 11.3 Å². The molecule has 1 aromatic heterocycles. The molecule has 2 nitrogen and oxygen atoms in total. The van der Waals surface area contributed by atoms with Gasteiger partial charge in [0, 0.05) is 23.1 Å². The van der Waals surface area contributed by atoms with Gasteiger partial charge in [0.15, 0.2) is 5.78 Å². The summed E-state index contributed by atoms with van der Waals surface area (Å²) in [5, 5.41) is 1.44. The third-order valence-corrected chi connectivity index (χ3v) is 4.59. The molecule has 3 aromatic rings. The largest absolute Gasteiger partial charge is 0.293 e. The molecule has 4 heteroatoms. The van der Waals surface area contributed by atoms with Crippen LogP contribution in [0.1, 0.15) is 27.9 Å². The summed E-state index contributed by atoms with van der Waals surface area (Å²) in [5.41, 5.74) is 2.34. The molecule has 0 saturated carbocycles. The molecule has 0 N–H and O–H groups in total. The summed E-state index contributed by atoms with van der Waals surface area (Å²) in [4.78, 5) is 17.0. The summed E-state index contributed by atoms with van der Waals surface area (Å²) in [6, 6.07) is 17.0. The molecule has 0 aliphatic rings. The lowest BCUT2D eigenvalue weighted by Crippen LogP contribution is -1.91. The number of carbonyl (C=O) groups is 1. The van der Waals surface area contributed by atoms with Crippen molar-refractivity contribution in [3.8, 4) is 22.4 Å². The van der Waals surface area contributed by atoms with Gasteiger partial charge in [-0.2, -0.15) is 0 Å². The quantitative estimate of drug-likeness (QED) is 0.483. The number of Topliss-reactive ketones (excluding diaryl/α,β-unsaturated/α-hetero) is 1. The van der Waals surface area contributed by atoms with Crippen LogP contribution in [-0.2, 0) is 0 Å². The number of thiazole rings is 1. The molecule has 2 aromatic carbocycles. The van der Waals surface area contributed by atoms with E-state index in [1.807, 2.05) is 42.5 Å². The zero-order chi connectivity index (χ0) is 16.2. The van der Waals surface area contributed by atoms with E-state index in [0.717, 1.165) is 16.1 Å². The van der Waals surface area contributed by atoms with Crippen LogP contribution in [0.25, 0.3) is 10.6 Å². The molecule has 0 spiro atoms. The van der Waals surface area contributed by atoms with Crippen molar-refractivity contribution in [1.82, 2.24) is 4.98 Å². The minimum atomic E-state index is -0.0277. The van der Waals surface area contributed by atoms with Gasteiger partial charge in [-0.3, -0.25) is 4.79 Å². The molecule has 0 fully saturated rings. The molecule has 0 amide bonds. The SMILES string of the molecule is CC(=O)c1sc(-c2ccc(Cl)cc2)nc1C#Cc1ccccc1. The Morgan fingerprint density at radius 3 is 2.39 bits per heavy atom. The minimum absolute atomic E-state index is 0.0277. The molecule has 0 atom stereocenters. The van der Waals surface area contributed by atoms with E-state index in [2.05, 4.69) is 16.8 Å². The van der Waals surface area contributed by atoms with Gasteiger partial charge < -0.3 is 0 Å². The Hall–Kier alpha value is -2.41. The van der Waals surface area contributed by atoms with Crippen LogP contribution in [0.4, 0.5) is 0 Å². The van der Waals surface area contributed by atoms with Gasteiger partial charge in [0.25, 0.3) is 0 Å². The summed E-state index contributed by atoms with van der Waals surface area (Å²) in [6.07, 6.45) is 0. The van der Waals surface area contributed by atoms with Gasteiger partial charge in [0.2, 0.25) is 0 Å². The molecule has 0 unspecified atom stereocenters. The number of hydrogen-bond donors (Lipinski definition) is 0. The van der Waals surface area contributed by atoms with Crippen molar-refractivity contribution in [3.63, 3.8) is 0 Å². The predicted molar refractivity (Wildman–Crippen MR) is 95.0 cm³/mol. The number of rotatable bonds is 2. The highest BCUT2D eigenvalue weighted by Crippen LogP contribution is 2.29. The normalized spacial score (nSPS) is 10.0. The van der Waals surface area contributed by atoms with E-state index < -0.39 is 0 Å². The first kappa shape index (κ1) is 15.5. The Labute approximate surface area is 143 Å². The molecule has 1 heterocycles. The van der Waals surface area contributed by atoms with Crippen molar-refractivity contribution in [2.75, 3.05) is 0 Å². The molecule has 0 radical (unpaired) electrons. The maximum absolute atomic E-state index is 11.9. The van der Waals surface area contributed by atoms with Gasteiger partial charge >= 0.3 is 0 Å². The van der Waals surface area contributed by atoms with E-state index in [1.54, 1.807) is 12.1 Å². The number of nitrogens with zero attached hydrogens (tertiary/aromatic N) is 1. The van der Waals surface area contributed by atoms with Crippen molar-refractivity contribution in [2.24, 2.45) is 0 Å². The summed E-state index contributed by atoms with van der Waals surface area (Å²) in [5.74, 6) is 6.04. The Bertz CT molecular complexity index is 902. The van der Waals surface area contributed by atoms with E-state index in [9.17, 15) is 4.79 Å². The second-order valence-corrected chi connectivity index (χ2v) is 6.31. The third-order valence-electron chi connectivity index (χ3n) is 3.14. The Morgan fingerprint density at radius 2 is 1.74 bits per heavy atom. The molecule has 23 heavy (non-hydrogen) atoms. The third kappa shape index (κ3) is 3.68. The molecule has 0 bridgehead atoms. The van der Waals surface area contributed by atoms with Crippen LogP contribution >= 0.6 is 22.9 Å². The maximum Gasteiger partial charge on any atom is 0.172 e. The van der Waals surface area contributed by atoms with Gasteiger partial charge in [-0.1, -0.05) is 47.9 Å². The molecule has 0 aliphatic heterocycles. The number of benzene rings is 2. The molecular formula is C19H12ClNOS. The first-order valence-corrected chi connectivity index (χ1v) is 8.18. The maximum atomic E-state index is 11.9. The molecule has 0 saturated heterocycles. The van der Waals surface area contributed by atoms with Gasteiger partial charge in [0.1, 0.15) is 15.6 Å². The smallest absolute Gasteiger partial charge is 0.172 e. The summed E-state index contributed by atoms with van der Waals surface area (Å²) >= 11 is 7.27. The van der Waals surface area contributed by atoms with E-state index in [4.69, 9.17) is 11.6 Å². The fraction of sp³-hybridized carbons (Fsp3) is 0.0526. The zero-order valence-corrected chi connectivity index (χ0v) is 13.9. The van der Waals surface area contributed by atoms with E-state index in [0.29, 0.717) is 15.6 Å². The lowest BCUT2D eigenvalue weighted by atomic mass is 10.2. The highest BCUT2D eigenvalue weighted by atomic mass is 35.5. The van der Waals surface area contributed by atoms with Gasteiger partial charge in [0.05, 0.1) is 0 Å². The van der Waals surface area contributed by atoms with E-state index >= 15 is 0 Å². The summed E-state index contributed by atoms with van der Waals surface area (Å²) in [7, 11) is 0. The van der Waals surface area contributed by atoms with Gasteiger partial charge in [-0.05, 0) is 30.2 Å². The van der Waals surface area contributed by atoms with E-state index in [1.165, 1.54) is 18.3 Å². The number of carbonyl (C=O) groups excluding carboxylic acids is 1. The minimum Gasteiger partial charge on any atom is -0.293 e. The molecule has 3 rings (SSSR count). The van der Waals surface area contributed by atoms with Crippen molar-refractivity contribution in [1.29, 1.82) is 0 Å².